The fraction of sp³-hybridized carbons (Fsp3) is 0.909. The van der Waals surface area contributed by atoms with Crippen LogP contribution in [0.4, 0.5) is 0 Å². The summed E-state index contributed by atoms with van der Waals surface area (Å²) in [5, 5.41) is 0. The van der Waals surface area contributed by atoms with Crippen molar-refractivity contribution in [2.45, 2.75) is 45.6 Å². The number of rotatable bonds is 4. The number of hydrogen-bond acceptors (Lipinski definition) is 2. The molecule has 0 aliphatic carbocycles. The molecule has 1 amide bonds. The predicted octanol–water partition coefficient (Wildman–Crippen LogP) is 1.37. The Labute approximate surface area is 86.6 Å². The van der Waals surface area contributed by atoms with Crippen LogP contribution < -0.4 is 5.73 Å². The highest BCUT2D eigenvalue weighted by Crippen LogP contribution is 2.22. The molecule has 1 fully saturated rings. The summed E-state index contributed by atoms with van der Waals surface area (Å²) in [5.41, 5.74) is 5.46. The predicted molar refractivity (Wildman–Crippen MR) is 57.9 cm³/mol. The van der Waals surface area contributed by atoms with Gasteiger partial charge in [0.2, 0.25) is 5.91 Å². The second kappa shape index (κ2) is 5.35. The molecule has 0 radical (unpaired) electrons. The van der Waals surface area contributed by atoms with Gasteiger partial charge in [-0.25, -0.2) is 0 Å². The average Bonchev–Trinajstić information content (AvgIpc) is 2.64. The van der Waals surface area contributed by atoms with Crippen LogP contribution in [0.5, 0.6) is 0 Å². The monoisotopic (exact) mass is 198 g/mol. The molecular formula is C11H22N2O. The van der Waals surface area contributed by atoms with Crippen LogP contribution in [-0.4, -0.2) is 29.9 Å². The zero-order valence-corrected chi connectivity index (χ0v) is 9.33. The number of nitrogens with zero attached hydrogens (tertiary/aromatic N) is 1. The minimum absolute atomic E-state index is 0.104. The number of likely N-dealkylation sites (tertiary alicyclic amines) is 1. The summed E-state index contributed by atoms with van der Waals surface area (Å²) in [6.07, 6.45) is 4.24. The van der Waals surface area contributed by atoms with Gasteiger partial charge in [-0.05, 0) is 32.2 Å². The van der Waals surface area contributed by atoms with E-state index in [9.17, 15) is 4.79 Å². The van der Waals surface area contributed by atoms with Gasteiger partial charge in [0.1, 0.15) is 0 Å². The fourth-order valence-corrected chi connectivity index (χ4v) is 2.21. The molecule has 0 aromatic rings. The van der Waals surface area contributed by atoms with E-state index < -0.39 is 0 Å². The third-order valence-electron chi connectivity index (χ3n) is 3.15. The Kier molecular flexibility index (Phi) is 4.39. The third-order valence-corrected chi connectivity index (χ3v) is 3.15. The van der Waals surface area contributed by atoms with Gasteiger partial charge in [0.15, 0.2) is 0 Å². The van der Waals surface area contributed by atoms with E-state index in [0.29, 0.717) is 18.5 Å². The average molecular weight is 198 g/mol. The molecule has 3 nitrogen and oxygen atoms in total. The van der Waals surface area contributed by atoms with Crippen molar-refractivity contribution in [3.63, 3.8) is 0 Å². The maximum Gasteiger partial charge on any atom is 0.225 e. The van der Waals surface area contributed by atoms with Crippen molar-refractivity contribution in [1.82, 2.24) is 4.90 Å². The molecule has 0 spiro atoms. The minimum Gasteiger partial charge on any atom is -0.339 e. The Morgan fingerprint density at radius 1 is 1.64 bits per heavy atom. The van der Waals surface area contributed by atoms with Crippen LogP contribution in [0.1, 0.15) is 39.5 Å². The molecule has 82 valence electrons. The highest BCUT2D eigenvalue weighted by atomic mass is 16.2. The van der Waals surface area contributed by atoms with Gasteiger partial charge in [0.25, 0.3) is 0 Å². The van der Waals surface area contributed by atoms with E-state index in [1.807, 2.05) is 6.92 Å². The zero-order chi connectivity index (χ0) is 10.6. The largest absolute Gasteiger partial charge is 0.339 e. The summed E-state index contributed by atoms with van der Waals surface area (Å²) < 4.78 is 0. The van der Waals surface area contributed by atoms with Gasteiger partial charge in [-0.3, -0.25) is 4.79 Å². The lowest BCUT2D eigenvalue weighted by Gasteiger charge is -2.26. The molecule has 1 aliphatic heterocycles. The first-order valence-corrected chi connectivity index (χ1v) is 5.71. The van der Waals surface area contributed by atoms with Gasteiger partial charge >= 0.3 is 0 Å². The Morgan fingerprint density at radius 2 is 2.36 bits per heavy atom. The molecule has 0 saturated carbocycles. The first kappa shape index (κ1) is 11.5. The van der Waals surface area contributed by atoms with Crippen LogP contribution in [-0.2, 0) is 4.79 Å². The molecule has 14 heavy (non-hydrogen) atoms. The number of amides is 1. The van der Waals surface area contributed by atoms with Gasteiger partial charge in [-0.1, -0.05) is 13.8 Å². The van der Waals surface area contributed by atoms with Gasteiger partial charge < -0.3 is 10.6 Å². The standard InChI is InChI=1S/C11H22N2O/c1-3-10-5-4-8-13(10)11(14)9(2)6-7-12/h9-10H,3-8,12H2,1-2H3. The molecule has 0 aromatic heterocycles. The second-order valence-electron chi connectivity index (χ2n) is 4.21. The van der Waals surface area contributed by atoms with Crippen molar-refractivity contribution >= 4 is 5.91 Å². The SMILES string of the molecule is CCC1CCCN1C(=O)C(C)CCN. The van der Waals surface area contributed by atoms with Crippen LogP contribution in [0.3, 0.4) is 0 Å². The molecule has 1 rings (SSSR count). The topological polar surface area (TPSA) is 46.3 Å². The lowest BCUT2D eigenvalue weighted by atomic mass is 10.1. The molecule has 0 bridgehead atoms. The molecule has 1 saturated heterocycles. The van der Waals surface area contributed by atoms with Crippen LogP contribution in [0, 0.1) is 5.92 Å². The molecule has 1 aliphatic rings. The highest BCUT2D eigenvalue weighted by Gasteiger charge is 2.29. The fourth-order valence-electron chi connectivity index (χ4n) is 2.21. The van der Waals surface area contributed by atoms with E-state index >= 15 is 0 Å². The summed E-state index contributed by atoms with van der Waals surface area (Å²) in [5.74, 6) is 0.409. The van der Waals surface area contributed by atoms with E-state index in [2.05, 4.69) is 11.8 Å². The van der Waals surface area contributed by atoms with Crippen molar-refractivity contribution in [2.24, 2.45) is 11.7 Å². The lowest BCUT2D eigenvalue weighted by Crippen LogP contribution is -2.39. The van der Waals surface area contributed by atoms with E-state index in [1.165, 1.54) is 12.8 Å². The van der Waals surface area contributed by atoms with Crippen molar-refractivity contribution in [3.8, 4) is 0 Å². The Morgan fingerprint density at radius 3 is 2.93 bits per heavy atom. The maximum atomic E-state index is 12.0. The molecule has 0 aromatic carbocycles. The quantitative estimate of drug-likeness (QED) is 0.741. The van der Waals surface area contributed by atoms with Crippen LogP contribution >= 0.6 is 0 Å². The molecule has 2 atom stereocenters. The Balaban J connectivity index is 2.50. The molecule has 2 N–H and O–H groups in total. The van der Waals surface area contributed by atoms with E-state index in [1.54, 1.807) is 0 Å². The van der Waals surface area contributed by atoms with Crippen molar-refractivity contribution < 1.29 is 4.79 Å². The van der Waals surface area contributed by atoms with Crippen molar-refractivity contribution in [3.05, 3.63) is 0 Å². The van der Waals surface area contributed by atoms with Gasteiger partial charge in [0, 0.05) is 18.5 Å². The first-order valence-electron chi connectivity index (χ1n) is 5.71. The van der Waals surface area contributed by atoms with E-state index in [-0.39, 0.29) is 5.92 Å². The second-order valence-corrected chi connectivity index (χ2v) is 4.21. The number of carbonyl (C=O) groups excluding carboxylic acids is 1. The number of carbonyl (C=O) groups is 1. The summed E-state index contributed by atoms with van der Waals surface area (Å²) in [6, 6.07) is 0.489. The number of hydrogen-bond donors (Lipinski definition) is 1. The summed E-state index contributed by atoms with van der Waals surface area (Å²) >= 11 is 0. The lowest BCUT2D eigenvalue weighted by molar-refractivity contribution is -0.136. The third kappa shape index (κ3) is 2.47. The highest BCUT2D eigenvalue weighted by molar-refractivity contribution is 5.79. The first-order chi connectivity index (χ1) is 6.70. The smallest absolute Gasteiger partial charge is 0.225 e. The van der Waals surface area contributed by atoms with Crippen molar-refractivity contribution in [2.75, 3.05) is 13.1 Å². The Bertz CT molecular complexity index is 194. The molecule has 1 heterocycles. The van der Waals surface area contributed by atoms with Crippen molar-refractivity contribution in [1.29, 1.82) is 0 Å². The number of nitrogens with two attached hydrogens (primary N) is 1. The summed E-state index contributed by atoms with van der Waals surface area (Å²) in [7, 11) is 0. The summed E-state index contributed by atoms with van der Waals surface area (Å²) in [6.45, 7) is 5.70. The van der Waals surface area contributed by atoms with Crippen LogP contribution in [0.2, 0.25) is 0 Å². The molecule has 3 heteroatoms. The van der Waals surface area contributed by atoms with E-state index in [4.69, 9.17) is 5.73 Å². The maximum absolute atomic E-state index is 12.0. The summed E-state index contributed by atoms with van der Waals surface area (Å²) in [4.78, 5) is 14.0. The van der Waals surface area contributed by atoms with Gasteiger partial charge in [0.05, 0.1) is 0 Å². The van der Waals surface area contributed by atoms with Gasteiger partial charge in [-0.15, -0.1) is 0 Å². The van der Waals surface area contributed by atoms with Crippen LogP contribution in [0.25, 0.3) is 0 Å². The molecule has 2 unspecified atom stereocenters. The molecular weight excluding hydrogens is 176 g/mol. The van der Waals surface area contributed by atoms with E-state index in [0.717, 1.165) is 19.4 Å². The minimum atomic E-state index is 0.104. The Hall–Kier alpha value is -0.570. The normalized spacial score (nSPS) is 23.9. The van der Waals surface area contributed by atoms with Crippen LogP contribution in [0.15, 0.2) is 0 Å². The zero-order valence-electron chi connectivity index (χ0n) is 9.33. The van der Waals surface area contributed by atoms with Gasteiger partial charge in [-0.2, -0.15) is 0 Å².